The number of hydrogen-bond donors (Lipinski definition) is 0. The second kappa shape index (κ2) is 9.19. The Morgan fingerprint density at radius 3 is 2.63 bits per heavy atom. The highest BCUT2D eigenvalue weighted by Crippen LogP contribution is 2.29. The fourth-order valence-corrected chi connectivity index (χ4v) is 3.93. The lowest BCUT2D eigenvalue weighted by atomic mass is 10.1. The molecule has 27 heavy (non-hydrogen) atoms. The van der Waals surface area contributed by atoms with E-state index >= 15 is 0 Å². The summed E-state index contributed by atoms with van der Waals surface area (Å²) in [5.74, 6) is 0. The van der Waals surface area contributed by atoms with Gasteiger partial charge in [-0.15, -0.1) is 11.3 Å². The molecule has 0 atom stereocenters. The number of unbranched alkanes of at least 4 members (excludes halogenated alkanes) is 1. The number of benzene rings is 2. The number of halogens is 2. The van der Waals surface area contributed by atoms with Crippen LogP contribution in [0.15, 0.2) is 47.8 Å². The molecular formula is C22H18Cl2N2S. The van der Waals surface area contributed by atoms with Gasteiger partial charge in [-0.25, -0.2) is 4.98 Å². The van der Waals surface area contributed by atoms with Crippen molar-refractivity contribution in [1.82, 2.24) is 4.98 Å². The van der Waals surface area contributed by atoms with E-state index in [4.69, 9.17) is 23.2 Å². The van der Waals surface area contributed by atoms with E-state index < -0.39 is 0 Å². The first-order valence-electron chi connectivity index (χ1n) is 8.72. The molecule has 3 rings (SSSR count). The molecule has 0 saturated heterocycles. The zero-order valence-electron chi connectivity index (χ0n) is 14.9. The maximum atomic E-state index is 9.56. The van der Waals surface area contributed by atoms with Gasteiger partial charge in [0, 0.05) is 21.0 Å². The predicted molar refractivity (Wildman–Crippen MR) is 116 cm³/mol. The van der Waals surface area contributed by atoms with E-state index in [-0.39, 0.29) is 0 Å². The smallest absolute Gasteiger partial charge is 0.134 e. The van der Waals surface area contributed by atoms with Gasteiger partial charge in [0.1, 0.15) is 11.1 Å². The molecule has 0 aliphatic carbocycles. The molecule has 0 spiro atoms. The molecule has 0 bridgehead atoms. The molecule has 0 amide bonds. The van der Waals surface area contributed by atoms with Crippen LogP contribution >= 0.6 is 34.5 Å². The maximum absolute atomic E-state index is 9.56. The molecule has 0 aliphatic heterocycles. The van der Waals surface area contributed by atoms with Crippen molar-refractivity contribution in [3.05, 3.63) is 74.0 Å². The molecule has 5 heteroatoms. The summed E-state index contributed by atoms with van der Waals surface area (Å²) in [7, 11) is 0. The monoisotopic (exact) mass is 412 g/mol. The summed E-state index contributed by atoms with van der Waals surface area (Å²) in [6.45, 7) is 2.20. The number of aromatic nitrogens is 1. The first kappa shape index (κ1) is 19.6. The molecule has 1 heterocycles. The van der Waals surface area contributed by atoms with Gasteiger partial charge in [0.15, 0.2) is 0 Å². The van der Waals surface area contributed by atoms with E-state index in [1.54, 1.807) is 24.3 Å². The van der Waals surface area contributed by atoms with Crippen molar-refractivity contribution < 1.29 is 0 Å². The number of allylic oxidation sites excluding steroid dienone is 1. The third-order valence-electron chi connectivity index (χ3n) is 4.19. The molecule has 0 N–H and O–H groups in total. The lowest BCUT2D eigenvalue weighted by molar-refractivity contribution is 0.795. The first-order valence-corrected chi connectivity index (χ1v) is 10.4. The Balaban J connectivity index is 1.85. The Hall–Kier alpha value is -2.12. The molecule has 2 nitrogen and oxygen atoms in total. The van der Waals surface area contributed by atoms with E-state index in [1.807, 2.05) is 5.38 Å². The molecule has 0 unspecified atom stereocenters. The maximum Gasteiger partial charge on any atom is 0.134 e. The minimum Gasteiger partial charge on any atom is -0.235 e. The summed E-state index contributed by atoms with van der Waals surface area (Å²) in [5, 5.41) is 13.3. The quantitative estimate of drug-likeness (QED) is 0.392. The van der Waals surface area contributed by atoms with Crippen LogP contribution in [0.2, 0.25) is 10.0 Å². The van der Waals surface area contributed by atoms with Gasteiger partial charge in [0.2, 0.25) is 0 Å². The topological polar surface area (TPSA) is 36.7 Å². The average molecular weight is 413 g/mol. The highest BCUT2D eigenvalue weighted by Gasteiger charge is 2.10. The highest BCUT2D eigenvalue weighted by atomic mass is 35.5. The van der Waals surface area contributed by atoms with Gasteiger partial charge in [-0.3, -0.25) is 0 Å². The predicted octanol–water partition coefficient (Wildman–Crippen LogP) is 7.52. The third-order valence-corrected chi connectivity index (χ3v) is 5.62. The zero-order chi connectivity index (χ0) is 19.2. The number of aryl methyl sites for hydroxylation is 1. The number of nitriles is 1. The third kappa shape index (κ3) is 4.99. The minimum atomic E-state index is 0.482. The molecule has 1 aromatic heterocycles. The number of nitrogens with zero attached hydrogens (tertiary/aromatic N) is 2. The normalized spacial score (nSPS) is 11.4. The molecule has 0 aliphatic rings. The summed E-state index contributed by atoms with van der Waals surface area (Å²) in [6.07, 6.45) is 5.24. The fraction of sp³-hybridized carbons (Fsp3) is 0.182. The molecule has 3 aromatic rings. The Kier molecular flexibility index (Phi) is 6.68. The fourth-order valence-electron chi connectivity index (χ4n) is 2.67. The highest BCUT2D eigenvalue weighted by molar-refractivity contribution is 7.11. The number of hydrogen-bond acceptors (Lipinski definition) is 3. The van der Waals surface area contributed by atoms with Crippen LogP contribution in [-0.4, -0.2) is 4.98 Å². The van der Waals surface area contributed by atoms with Crippen LogP contribution < -0.4 is 0 Å². The Morgan fingerprint density at radius 2 is 1.96 bits per heavy atom. The number of thiazole rings is 1. The van der Waals surface area contributed by atoms with Crippen LogP contribution in [0.1, 0.15) is 35.9 Å². The van der Waals surface area contributed by atoms with Crippen LogP contribution in [0, 0.1) is 11.3 Å². The molecule has 0 radical (unpaired) electrons. The molecule has 136 valence electrons. The van der Waals surface area contributed by atoms with Gasteiger partial charge in [-0.2, -0.15) is 5.26 Å². The Morgan fingerprint density at radius 1 is 1.19 bits per heavy atom. The molecule has 2 aromatic carbocycles. The van der Waals surface area contributed by atoms with Crippen LogP contribution in [0.5, 0.6) is 0 Å². The summed E-state index contributed by atoms with van der Waals surface area (Å²) in [6, 6.07) is 15.9. The van der Waals surface area contributed by atoms with E-state index in [0.717, 1.165) is 23.2 Å². The summed E-state index contributed by atoms with van der Waals surface area (Å²) < 4.78 is 0. The zero-order valence-corrected chi connectivity index (χ0v) is 17.2. The summed E-state index contributed by atoms with van der Waals surface area (Å²) >= 11 is 13.6. The minimum absolute atomic E-state index is 0.482. The van der Waals surface area contributed by atoms with Crippen LogP contribution in [0.4, 0.5) is 0 Å². The van der Waals surface area contributed by atoms with E-state index in [9.17, 15) is 5.26 Å². The van der Waals surface area contributed by atoms with Crippen molar-refractivity contribution in [2.75, 3.05) is 0 Å². The van der Waals surface area contributed by atoms with Crippen molar-refractivity contribution in [3.8, 4) is 17.3 Å². The second-order valence-corrected chi connectivity index (χ2v) is 7.88. The summed E-state index contributed by atoms with van der Waals surface area (Å²) in [5.41, 5.74) is 4.50. The standard InChI is InChI=1S/C22H18Cl2N2S/c1-2-3-4-15-5-7-16(8-6-15)21-14-27-22(26-21)18(13-25)11-17-9-10-19(23)12-20(17)24/h5-12,14H,2-4H2,1H3/b18-11-. The number of rotatable bonds is 6. The lowest BCUT2D eigenvalue weighted by Gasteiger charge is -2.02. The second-order valence-electron chi connectivity index (χ2n) is 6.17. The summed E-state index contributed by atoms with van der Waals surface area (Å²) in [4.78, 5) is 4.65. The van der Waals surface area contributed by atoms with Crippen molar-refractivity contribution in [2.24, 2.45) is 0 Å². The molecular weight excluding hydrogens is 395 g/mol. The Bertz CT molecular complexity index is 998. The van der Waals surface area contributed by atoms with Gasteiger partial charge >= 0.3 is 0 Å². The lowest BCUT2D eigenvalue weighted by Crippen LogP contribution is -1.86. The average Bonchev–Trinajstić information content (AvgIpc) is 3.16. The van der Waals surface area contributed by atoms with Crippen LogP contribution in [-0.2, 0) is 6.42 Å². The van der Waals surface area contributed by atoms with Gasteiger partial charge < -0.3 is 0 Å². The van der Waals surface area contributed by atoms with Crippen LogP contribution in [0.3, 0.4) is 0 Å². The van der Waals surface area contributed by atoms with Crippen molar-refractivity contribution in [2.45, 2.75) is 26.2 Å². The SMILES string of the molecule is CCCCc1ccc(-c2csc(/C(C#N)=C\c3ccc(Cl)cc3Cl)n2)cc1. The Labute approximate surface area is 173 Å². The van der Waals surface area contributed by atoms with E-state index in [0.29, 0.717) is 20.6 Å². The van der Waals surface area contributed by atoms with E-state index in [2.05, 4.69) is 42.2 Å². The largest absolute Gasteiger partial charge is 0.235 e. The van der Waals surface area contributed by atoms with Crippen molar-refractivity contribution >= 4 is 46.2 Å². The first-order chi connectivity index (χ1) is 13.1. The molecule has 0 fully saturated rings. The van der Waals surface area contributed by atoms with Crippen LogP contribution in [0.25, 0.3) is 22.9 Å². The van der Waals surface area contributed by atoms with E-state index in [1.165, 1.54) is 29.7 Å². The van der Waals surface area contributed by atoms with Crippen molar-refractivity contribution in [3.63, 3.8) is 0 Å². The van der Waals surface area contributed by atoms with Gasteiger partial charge in [-0.05, 0) is 42.2 Å². The van der Waals surface area contributed by atoms with Gasteiger partial charge in [0.25, 0.3) is 0 Å². The molecule has 0 saturated carbocycles. The van der Waals surface area contributed by atoms with Gasteiger partial charge in [-0.1, -0.05) is 66.9 Å². The van der Waals surface area contributed by atoms with Gasteiger partial charge in [0.05, 0.1) is 11.3 Å². The van der Waals surface area contributed by atoms with Crippen molar-refractivity contribution in [1.29, 1.82) is 5.26 Å².